The number of amides is 2. The van der Waals surface area contributed by atoms with Crippen molar-refractivity contribution in [2.24, 2.45) is 11.8 Å². The van der Waals surface area contributed by atoms with Gasteiger partial charge in [-0.15, -0.1) is 0 Å². The molecule has 8 heteroatoms. The maximum atomic E-state index is 13.8. The van der Waals surface area contributed by atoms with Crippen molar-refractivity contribution >= 4 is 17.8 Å². The minimum Gasteiger partial charge on any atom is -0.489 e. The molecule has 0 aliphatic carbocycles. The van der Waals surface area contributed by atoms with Gasteiger partial charge in [0.25, 0.3) is 0 Å². The van der Waals surface area contributed by atoms with Gasteiger partial charge in [0.1, 0.15) is 19.0 Å². The van der Waals surface area contributed by atoms with Gasteiger partial charge < -0.3 is 25.2 Å². The zero-order valence-electron chi connectivity index (χ0n) is 29.0. The van der Waals surface area contributed by atoms with Crippen molar-refractivity contribution in [3.8, 4) is 5.75 Å². The molecule has 0 saturated heterocycles. The summed E-state index contributed by atoms with van der Waals surface area (Å²) in [4.78, 5) is 40.5. The number of hydrogen-bond acceptors (Lipinski definition) is 6. The van der Waals surface area contributed by atoms with Gasteiger partial charge in [-0.1, -0.05) is 115 Å². The largest absolute Gasteiger partial charge is 0.489 e. The molecule has 0 saturated carbocycles. The van der Waals surface area contributed by atoms with Crippen LogP contribution in [0, 0.1) is 11.8 Å². The number of rotatable bonds is 12. The van der Waals surface area contributed by atoms with Crippen LogP contribution in [-0.2, 0) is 38.6 Å². The van der Waals surface area contributed by atoms with Crippen LogP contribution in [0.3, 0.4) is 0 Å². The first-order valence-electron chi connectivity index (χ1n) is 17.8. The predicted octanol–water partition coefficient (Wildman–Crippen LogP) is 6.68. The highest BCUT2D eigenvalue weighted by Crippen LogP contribution is 2.22. The van der Waals surface area contributed by atoms with Crippen molar-refractivity contribution in [1.29, 1.82) is 0 Å². The molecular formula is C43H48N2O6. The SMILES string of the molecule is O=C(C[C@H]1CC=CCCC[C@H](Cc2ccccc2)C(=O)OC[C@H](c2ccccc2)NC1=O)N[C@H](CO)Cc1ccc(OCc2ccccc2)cc1. The standard InChI is InChI=1S/C43H48N2O6/c46-29-38(27-33-22-24-39(25-23-33)50-30-34-16-8-4-9-17-34)44-41(47)28-36-20-10-1-2-11-21-37(26-32-14-6-3-7-15-32)43(49)51-31-40(45-42(36)48)35-18-12-5-13-19-35/h1,3-10,12-19,22-25,36-38,40,46H,2,11,20-21,26-31H2,(H,44,47)(H,45,48)/t36-,37-,38+,40-/m1/s1. The van der Waals surface area contributed by atoms with E-state index in [2.05, 4.69) is 10.6 Å². The summed E-state index contributed by atoms with van der Waals surface area (Å²) in [7, 11) is 0. The van der Waals surface area contributed by atoms with Crippen LogP contribution in [0.4, 0.5) is 0 Å². The molecule has 0 bridgehead atoms. The Morgan fingerprint density at radius 3 is 2.18 bits per heavy atom. The summed E-state index contributed by atoms with van der Waals surface area (Å²) in [6.45, 7) is 0.199. The van der Waals surface area contributed by atoms with E-state index in [0.717, 1.165) is 40.8 Å². The normalized spacial score (nSPS) is 19.2. The third-order valence-corrected chi connectivity index (χ3v) is 9.12. The van der Waals surface area contributed by atoms with Crippen molar-refractivity contribution in [3.05, 3.63) is 150 Å². The fourth-order valence-corrected chi connectivity index (χ4v) is 6.24. The quantitative estimate of drug-likeness (QED) is 0.113. The lowest BCUT2D eigenvalue weighted by Gasteiger charge is -2.25. The summed E-state index contributed by atoms with van der Waals surface area (Å²) in [5, 5.41) is 16.1. The molecule has 0 fully saturated rings. The smallest absolute Gasteiger partial charge is 0.309 e. The third kappa shape index (κ3) is 12.3. The Kier molecular flexibility index (Phi) is 14.4. The van der Waals surface area contributed by atoms with Gasteiger partial charge in [-0.3, -0.25) is 14.4 Å². The molecule has 3 N–H and O–H groups in total. The van der Waals surface area contributed by atoms with Crippen LogP contribution in [0.15, 0.2) is 127 Å². The molecule has 1 aliphatic rings. The summed E-state index contributed by atoms with van der Waals surface area (Å²) in [6.07, 6.45) is 7.52. The van der Waals surface area contributed by atoms with Crippen LogP contribution in [0.1, 0.15) is 60.4 Å². The highest BCUT2D eigenvalue weighted by atomic mass is 16.5. The van der Waals surface area contributed by atoms with Gasteiger partial charge in [-0.2, -0.15) is 0 Å². The van der Waals surface area contributed by atoms with E-state index in [1.54, 1.807) is 0 Å². The zero-order chi connectivity index (χ0) is 35.7. The Morgan fingerprint density at radius 2 is 1.49 bits per heavy atom. The maximum Gasteiger partial charge on any atom is 0.309 e. The molecule has 0 unspecified atom stereocenters. The van der Waals surface area contributed by atoms with Gasteiger partial charge in [-0.25, -0.2) is 0 Å². The van der Waals surface area contributed by atoms with Gasteiger partial charge >= 0.3 is 5.97 Å². The molecule has 4 atom stereocenters. The topological polar surface area (TPSA) is 114 Å². The van der Waals surface area contributed by atoms with Crippen LogP contribution >= 0.6 is 0 Å². The monoisotopic (exact) mass is 688 g/mol. The molecule has 4 aromatic carbocycles. The van der Waals surface area contributed by atoms with Crippen LogP contribution in [-0.4, -0.2) is 42.1 Å². The van der Waals surface area contributed by atoms with Gasteiger partial charge in [0.15, 0.2) is 0 Å². The van der Waals surface area contributed by atoms with E-state index < -0.39 is 18.0 Å². The van der Waals surface area contributed by atoms with E-state index in [9.17, 15) is 19.5 Å². The summed E-state index contributed by atoms with van der Waals surface area (Å²) in [6, 6.07) is 35.8. The number of carbonyl (C=O) groups excluding carboxylic acids is 3. The van der Waals surface area contributed by atoms with Gasteiger partial charge in [0.05, 0.1) is 30.5 Å². The highest BCUT2D eigenvalue weighted by Gasteiger charge is 2.28. The Bertz CT molecular complexity index is 1680. The van der Waals surface area contributed by atoms with E-state index in [1.165, 1.54) is 0 Å². The Hall–Kier alpha value is -5.21. The van der Waals surface area contributed by atoms with Crippen molar-refractivity contribution < 1.29 is 29.0 Å². The van der Waals surface area contributed by atoms with E-state index in [0.29, 0.717) is 32.3 Å². The second-order valence-corrected chi connectivity index (χ2v) is 13.1. The average molecular weight is 689 g/mol. The lowest BCUT2D eigenvalue weighted by molar-refractivity contribution is -0.150. The Morgan fingerprint density at radius 1 is 0.824 bits per heavy atom. The molecule has 266 valence electrons. The number of hydrogen-bond donors (Lipinski definition) is 3. The Labute approximate surface area is 300 Å². The number of carbonyl (C=O) groups is 3. The number of aliphatic hydroxyl groups is 1. The Balaban J connectivity index is 1.21. The van der Waals surface area contributed by atoms with Crippen molar-refractivity contribution in [2.45, 2.75) is 63.6 Å². The van der Waals surface area contributed by atoms with Crippen LogP contribution in [0.5, 0.6) is 5.75 Å². The second kappa shape index (κ2) is 19.8. The van der Waals surface area contributed by atoms with Crippen LogP contribution in [0.25, 0.3) is 0 Å². The molecular weight excluding hydrogens is 640 g/mol. The van der Waals surface area contributed by atoms with E-state index >= 15 is 0 Å². The van der Waals surface area contributed by atoms with Gasteiger partial charge in [0.2, 0.25) is 11.8 Å². The lowest BCUT2D eigenvalue weighted by atomic mass is 9.93. The van der Waals surface area contributed by atoms with Crippen LogP contribution in [0.2, 0.25) is 0 Å². The highest BCUT2D eigenvalue weighted by molar-refractivity contribution is 5.86. The molecule has 8 nitrogen and oxygen atoms in total. The summed E-state index contributed by atoms with van der Waals surface area (Å²) < 4.78 is 11.8. The number of nitrogens with one attached hydrogen (secondary N) is 2. The number of cyclic esters (lactones) is 1. The molecule has 1 aliphatic heterocycles. The van der Waals surface area contributed by atoms with Crippen molar-refractivity contribution in [3.63, 3.8) is 0 Å². The summed E-state index contributed by atoms with van der Waals surface area (Å²) in [5.74, 6) is -1.12. The molecule has 5 rings (SSSR count). The first-order chi connectivity index (χ1) is 25.0. The number of esters is 1. The summed E-state index contributed by atoms with van der Waals surface area (Å²) >= 11 is 0. The average Bonchev–Trinajstić information content (AvgIpc) is 3.16. The predicted molar refractivity (Wildman–Crippen MR) is 198 cm³/mol. The van der Waals surface area contributed by atoms with E-state index in [4.69, 9.17) is 9.47 Å². The molecule has 0 aromatic heterocycles. The lowest BCUT2D eigenvalue weighted by Crippen LogP contribution is -2.42. The van der Waals surface area contributed by atoms with Gasteiger partial charge in [-0.05, 0) is 72.9 Å². The fraction of sp³-hybridized carbons (Fsp3) is 0.326. The second-order valence-electron chi connectivity index (χ2n) is 13.1. The molecule has 0 spiro atoms. The minimum atomic E-state index is -0.655. The maximum absolute atomic E-state index is 13.8. The van der Waals surface area contributed by atoms with Crippen molar-refractivity contribution in [1.82, 2.24) is 10.6 Å². The van der Waals surface area contributed by atoms with Gasteiger partial charge in [0, 0.05) is 6.42 Å². The third-order valence-electron chi connectivity index (χ3n) is 9.12. The van der Waals surface area contributed by atoms with E-state index in [-0.39, 0.29) is 43.3 Å². The first kappa shape index (κ1) is 37.1. The molecule has 1 heterocycles. The number of aliphatic hydroxyl groups excluding tert-OH is 1. The minimum absolute atomic E-state index is 0.0166. The number of allylic oxidation sites excluding steroid dienone is 2. The summed E-state index contributed by atoms with van der Waals surface area (Å²) in [5.41, 5.74) is 3.90. The number of benzene rings is 4. The van der Waals surface area contributed by atoms with Crippen molar-refractivity contribution in [2.75, 3.05) is 13.2 Å². The molecule has 4 aromatic rings. The fourth-order valence-electron chi connectivity index (χ4n) is 6.24. The van der Waals surface area contributed by atoms with E-state index in [1.807, 2.05) is 127 Å². The van der Waals surface area contributed by atoms with Crippen LogP contribution < -0.4 is 15.4 Å². The molecule has 51 heavy (non-hydrogen) atoms. The number of ether oxygens (including phenoxy) is 2. The zero-order valence-corrected chi connectivity index (χ0v) is 29.0. The molecule has 2 amide bonds. The first-order valence-corrected chi connectivity index (χ1v) is 17.8. The molecule has 0 radical (unpaired) electrons.